The van der Waals surface area contributed by atoms with E-state index >= 15 is 0 Å². The van der Waals surface area contributed by atoms with Crippen molar-refractivity contribution in [1.82, 2.24) is 0 Å². The summed E-state index contributed by atoms with van der Waals surface area (Å²) in [5, 5.41) is 0. The Labute approximate surface area is 134 Å². The molecule has 0 unspecified atom stereocenters. The summed E-state index contributed by atoms with van der Waals surface area (Å²) in [6.07, 6.45) is 0. The molecule has 4 nitrogen and oxygen atoms in total. The number of carbonyl (C=O) groups excluding carboxylic acids is 2. The summed E-state index contributed by atoms with van der Waals surface area (Å²) in [6.45, 7) is 3.83. The van der Waals surface area contributed by atoms with Crippen molar-refractivity contribution in [2.24, 2.45) is 0 Å². The molecule has 0 spiro atoms. The summed E-state index contributed by atoms with van der Waals surface area (Å²) in [7, 11) is 1.57. The lowest BCUT2D eigenvalue weighted by Crippen LogP contribution is -2.03. The number of benzene rings is 2. The third-order valence-corrected chi connectivity index (χ3v) is 3.95. The highest BCUT2D eigenvalue weighted by molar-refractivity contribution is 6.45. The van der Waals surface area contributed by atoms with Crippen LogP contribution in [0.2, 0.25) is 0 Å². The Kier molecular flexibility index (Phi) is 3.74. The van der Waals surface area contributed by atoms with Crippen LogP contribution in [0.25, 0.3) is 11.1 Å². The third kappa shape index (κ3) is 2.52. The quantitative estimate of drug-likeness (QED) is 0.645. The maximum Gasteiger partial charge on any atom is 0.347 e. The van der Waals surface area contributed by atoms with Crippen molar-refractivity contribution in [3.05, 3.63) is 64.7 Å². The Morgan fingerprint density at radius 2 is 1.39 bits per heavy atom. The van der Waals surface area contributed by atoms with Crippen LogP contribution < -0.4 is 4.74 Å². The van der Waals surface area contributed by atoms with Gasteiger partial charge in [0.1, 0.15) is 5.75 Å². The molecule has 3 rings (SSSR count). The lowest BCUT2D eigenvalue weighted by molar-refractivity contribution is -0.149. The number of hydrogen-bond acceptors (Lipinski definition) is 4. The number of rotatable bonds is 3. The fourth-order valence-electron chi connectivity index (χ4n) is 2.85. The van der Waals surface area contributed by atoms with Crippen LogP contribution in [0.5, 0.6) is 5.75 Å². The minimum atomic E-state index is -0.613. The van der Waals surface area contributed by atoms with Gasteiger partial charge in [0, 0.05) is 0 Å². The zero-order valence-corrected chi connectivity index (χ0v) is 13.2. The van der Waals surface area contributed by atoms with Crippen LogP contribution >= 0.6 is 0 Å². The molecule has 0 saturated carbocycles. The van der Waals surface area contributed by atoms with Gasteiger partial charge in [0.25, 0.3) is 0 Å². The fraction of sp³-hybridized carbons (Fsp3) is 0.158. The van der Waals surface area contributed by atoms with E-state index in [4.69, 9.17) is 9.47 Å². The topological polar surface area (TPSA) is 52.6 Å². The number of esters is 2. The first kappa shape index (κ1) is 15.0. The first-order valence-corrected chi connectivity index (χ1v) is 7.24. The van der Waals surface area contributed by atoms with Crippen molar-refractivity contribution in [2.75, 3.05) is 7.11 Å². The van der Waals surface area contributed by atoms with Crippen LogP contribution in [0, 0.1) is 13.8 Å². The van der Waals surface area contributed by atoms with Gasteiger partial charge < -0.3 is 9.47 Å². The molecule has 2 aromatic rings. The number of ether oxygens (including phenoxy) is 2. The van der Waals surface area contributed by atoms with Crippen molar-refractivity contribution in [3.63, 3.8) is 0 Å². The number of aryl methyl sites for hydroxylation is 2. The Hall–Kier alpha value is -2.88. The molecule has 0 radical (unpaired) electrons. The third-order valence-electron chi connectivity index (χ3n) is 3.95. The maximum absolute atomic E-state index is 12.3. The van der Waals surface area contributed by atoms with E-state index in [-0.39, 0.29) is 0 Å². The highest BCUT2D eigenvalue weighted by atomic mass is 16.6. The molecule has 0 aliphatic carbocycles. The van der Waals surface area contributed by atoms with Gasteiger partial charge in [-0.1, -0.05) is 30.3 Å². The number of methoxy groups -OCH3 is 1. The monoisotopic (exact) mass is 308 g/mol. The Morgan fingerprint density at radius 1 is 0.826 bits per heavy atom. The van der Waals surface area contributed by atoms with Gasteiger partial charge in [-0.2, -0.15) is 0 Å². The summed E-state index contributed by atoms with van der Waals surface area (Å²) in [6, 6.07) is 12.8. The van der Waals surface area contributed by atoms with Crippen LogP contribution in [-0.4, -0.2) is 19.0 Å². The van der Waals surface area contributed by atoms with Gasteiger partial charge in [-0.05, 0) is 48.2 Å². The molecule has 0 fully saturated rings. The van der Waals surface area contributed by atoms with Gasteiger partial charge in [-0.25, -0.2) is 9.59 Å². The van der Waals surface area contributed by atoms with Crippen molar-refractivity contribution >= 4 is 23.1 Å². The molecule has 1 aliphatic rings. The Balaban J connectivity index is 2.25. The first-order chi connectivity index (χ1) is 11.0. The van der Waals surface area contributed by atoms with Gasteiger partial charge in [0.05, 0.1) is 18.3 Å². The highest BCUT2D eigenvalue weighted by Crippen LogP contribution is 2.37. The predicted octanol–water partition coefficient (Wildman–Crippen LogP) is 3.31. The van der Waals surface area contributed by atoms with Crippen LogP contribution in [-0.2, 0) is 14.3 Å². The van der Waals surface area contributed by atoms with Gasteiger partial charge in [-0.3, -0.25) is 0 Å². The molecule has 0 saturated heterocycles. The van der Waals surface area contributed by atoms with Gasteiger partial charge in [0.2, 0.25) is 0 Å². The summed E-state index contributed by atoms with van der Waals surface area (Å²) in [5.41, 5.74) is 3.88. The van der Waals surface area contributed by atoms with Crippen molar-refractivity contribution < 1.29 is 19.1 Å². The molecule has 1 heterocycles. The van der Waals surface area contributed by atoms with E-state index in [1.165, 1.54) is 0 Å². The van der Waals surface area contributed by atoms with Crippen molar-refractivity contribution in [3.8, 4) is 5.75 Å². The van der Waals surface area contributed by atoms with E-state index in [9.17, 15) is 9.59 Å². The van der Waals surface area contributed by atoms with E-state index in [0.717, 1.165) is 16.7 Å². The van der Waals surface area contributed by atoms with E-state index in [1.54, 1.807) is 31.4 Å². The molecule has 0 atom stereocenters. The van der Waals surface area contributed by atoms with Crippen molar-refractivity contribution in [2.45, 2.75) is 13.8 Å². The number of cyclic esters (lactones) is 2. The second-order valence-electron chi connectivity index (χ2n) is 5.42. The normalized spacial score (nSPS) is 14.2. The summed E-state index contributed by atoms with van der Waals surface area (Å²) in [5.74, 6) is -0.531. The van der Waals surface area contributed by atoms with Crippen LogP contribution in [0.1, 0.15) is 22.3 Å². The molecule has 0 aromatic heterocycles. The molecular formula is C19H16O4. The Bertz CT molecular complexity index is 809. The van der Waals surface area contributed by atoms with Crippen LogP contribution in [0.4, 0.5) is 0 Å². The standard InChI is InChI=1S/C19H16O4/c1-11-5-4-6-12(2)15(11)17-16(18(20)23-19(17)21)13-7-9-14(22-3)10-8-13/h4-10H,1-3H3. The zero-order chi connectivity index (χ0) is 16.6. The van der Waals surface area contributed by atoms with Crippen molar-refractivity contribution in [1.29, 1.82) is 0 Å². The Morgan fingerprint density at radius 3 is 1.96 bits per heavy atom. The molecule has 4 heteroatoms. The first-order valence-electron chi connectivity index (χ1n) is 7.24. The minimum absolute atomic E-state index is 0.301. The molecule has 0 amide bonds. The van der Waals surface area contributed by atoms with Gasteiger partial charge in [-0.15, -0.1) is 0 Å². The average molecular weight is 308 g/mol. The maximum atomic E-state index is 12.3. The minimum Gasteiger partial charge on any atom is -0.497 e. The predicted molar refractivity (Wildman–Crippen MR) is 86.8 cm³/mol. The number of carbonyl (C=O) groups is 2. The molecular weight excluding hydrogens is 292 g/mol. The highest BCUT2D eigenvalue weighted by Gasteiger charge is 2.36. The smallest absolute Gasteiger partial charge is 0.347 e. The molecule has 1 aliphatic heterocycles. The van der Waals surface area contributed by atoms with E-state index in [0.29, 0.717) is 22.5 Å². The second kappa shape index (κ2) is 5.72. The summed E-state index contributed by atoms with van der Waals surface area (Å²) >= 11 is 0. The average Bonchev–Trinajstić information content (AvgIpc) is 2.82. The second-order valence-corrected chi connectivity index (χ2v) is 5.42. The molecule has 0 N–H and O–H groups in total. The summed E-state index contributed by atoms with van der Waals surface area (Å²) in [4.78, 5) is 24.5. The lowest BCUT2D eigenvalue weighted by Gasteiger charge is -2.10. The van der Waals surface area contributed by atoms with Gasteiger partial charge >= 0.3 is 11.9 Å². The fourth-order valence-corrected chi connectivity index (χ4v) is 2.85. The zero-order valence-electron chi connectivity index (χ0n) is 13.2. The molecule has 0 bridgehead atoms. The largest absolute Gasteiger partial charge is 0.497 e. The van der Waals surface area contributed by atoms with Gasteiger partial charge in [0.15, 0.2) is 0 Å². The molecule has 23 heavy (non-hydrogen) atoms. The van der Waals surface area contributed by atoms with Crippen LogP contribution in [0.15, 0.2) is 42.5 Å². The summed E-state index contributed by atoms with van der Waals surface area (Å²) < 4.78 is 10.0. The van der Waals surface area contributed by atoms with Crippen LogP contribution in [0.3, 0.4) is 0 Å². The lowest BCUT2D eigenvalue weighted by atomic mass is 9.90. The number of hydrogen-bond donors (Lipinski definition) is 0. The van der Waals surface area contributed by atoms with E-state index in [2.05, 4.69) is 0 Å². The molecule has 2 aromatic carbocycles. The SMILES string of the molecule is COc1ccc(C2=C(c3c(C)cccc3C)C(=O)OC2=O)cc1. The van der Waals surface area contributed by atoms with E-state index in [1.807, 2.05) is 32.0 Å². The molecule has 116 valence electrons. The van der Waals surface area contributed by atoms with E-state index < -0.39 is 11.9 Å².